The number of alkyl halides is 1. The van der Waals surface area contributed by atoms with Crippen molar-refractivity contribution < 1.29 is 13.3 Å². The molecule has 0 heterocycles. The molecule has 6 nitrogen and oxygen atoms in total. The number of hydrogen-bond acceptors (Lipinski definition) is 5. The third kappa shape index (κ3) is 2.93. The highest BCUT2D eigenvalue weighted by molar-refractivity contribution is 7.91. The molecule has 0 aromatic heterocycles. The van der Waals surface area contributed by atoms with Gasteiger partial charge in [0.25, 0.3) is 5.69 Å². The van der Waals surface area contributed by atoms with Gasteiger partial charge >= 0.3 is 0 Å². The topological polar surface area (TPSA) is 101 Å². The molecule has 1 aromatic rings. The minimum absolute atomic E-state index is 0.101. The van der Waals surface area contributed by atoms with E-state index in [9.17, 15) is 18.5 Å². The Labute approximate surface area is 103 Å². The minimum atomic E-state index is -3.64. The number of halogens is 1. The van der Waals surface area contributed by atoms with Crippen LogP contribution in [0.4, 0.5) is 5.69 Å². The normalized spacial score (nSPS) is 10.8. The molecule has 1 aromatic carbocycles. The van der Waals surface area contributed by atoms with E-state index in [1.165, 1.54) is 0 Å². The molecule has 0 saturated carbocycles. The van der Waals surface area contributed by atoms with Crippen molar-refractivity contribution in [2.45, 2.75) is 4.90 Å². The van der Waals surface area contributed by atoms with Crippen LogP contribution < -0.4 is 0 Å². The van der Waals surface area contributed by atoms with E-state index in [1.807, 2.05) is 0 Å². The Morgan fingerprint density at radius 3 is 2.59 bits per heavy atom. The van der Waals surface area contributed by atoms with Gasteiger partial charge in [-0.1, -0.05) is 0 Å². The lowest BCUT2D eigenvalue weighted by atomic mass is 10.2. The Morgan fingerprint density at radius 1 is 1.47 bits per heavy atom. The van der Waals surface area contributed by atoms with Crippen molar-refractivity contribution in [1.82, 2.24) is 0 Å². The second-order valence-electron chi connectivity index (χ2n) is 3.06. The molecule has 0 bridgehead atoms. The third-order valence-electron chi connectivity index (χ3n) is 1.99. The van der Waals surface area contributed by atoms with Gasteiger partial charge in [0.05, 0.1) is 15.6 Å². The van der Waals surface area contributed by atoms with Crippen LogP contribution in [0, 0.1) is 21.4 Å². The molecule has 90 valence electrons. The first-order valence-corrected chi connectivity index (χ1v) is 6.58. The van der Waals surface area contributed by atoms with E-state index >= 15 is 0 Å². The highest BCUT2D eigenvalue weighted by Crippen LogP contribution is 2.23. The average molecular weight is 275 g/mol. The lowest BCUT2D eigenvalue weighted by Gasteiger charge is -2.02. The van der Waals surface area contributed by atoms with Crippen LogP contribution in [-0.4, -0.2) is 25.0 Å². The first-order chi connectivity index (χ1) is 7.92. The zero-order valence-electron chi connectivity index (χ0n) is 8.46. The van der Waals surface area contributed by atoms with Crippen molar-refractivity contribution in [3.05, 3.63) is 33.9 Å². The van der Waals surface area contributed by atoms with E-state index in [2.05, 4.69) is 0 Å². The van der Waals surface area contributed by atoms with Gasteiger partial charge in [-0.15, -0.1) is 11.6 Å². The Hall–Kier alpha value is -1.65. The van der Waals surface area contributed by atoms with Crippen molar-refractivity contribution in [3.8, 4) is 6.07 Å². The molecule has 8 heteroatoms. The van der Waals surface area contributed by atoms with Gasteiger partial charge in [0.1, 0.15) is 11.6 Å². The molecule has 0 amide bonds. The number of nitro benzene ring substituents is 1. The fourth-order valence-electron chi connectivity index (χ4n) is 1.17. The van der Waals surface area contributed by atoms with E-state index in [0.717, 1.165) is 18.2 Å². The van der Waals surface area contributed by atoms with Gasteiger partial charge in [-0.25, -0.2) is 8.42 Å². The number of sulfone groups is 1. The smallest absolute Gasteiger partial charge is 0.258 e. The van der Waals surface area contributed by atoms with E-state index in [0.29, 0.717) is 0 Å². The lowest BCUT2D eigenvalue weighted by Crippen LogP contribution is -2.08. The van der Waals surface area contributed by atoms with Gasteiger partial charge in [-0.3, -0.25) is 10.1 Å². The molecule has 0 radical (unpaired) electrons. The summed E-state index contributed by atoms with van der Waals surface area (Å²) < 4.78 is 23.2. The molecule has 0 fully saturated rings. The number of rotatable bonds is 4. The maximum absolute atomic E-state index is 11.6. The number of nitro groups is 1. The molecule has 0 unspecified atom stereocenters. The van der Waals surface area contributed by atoms with E-state index in [4.69, 9.17) is 16.9 Å². The second-order valence-corrected chi connectivity index (χ2v) is 5.54. The molecule has 0 atom stereocenters. The van der Waals surface area contributed by atoms with Gasteiger partial charge in [0.2, 0.25) is 0 Å². The van der Waals surface area contributed by atoms with Crippen molar-refractivity contribution in [2.24, 2.45) is 0 Å². The SMILES string of the molecule is N#Cc1ccc(S(=O)(=O)CCCl)cc1[N+](=O)[O-]. The van der Waals surface area contributed by atoms with E-state index in [1.54, 1.807) is 6.07 Å². The van der Waals surface area contributed by atoms with Crippen molar-refractivity contribution in [3.63, 3.8) is 0 Å². The summed E-state index contributed by atoms with van der Waals surface area (Å²) in [5, 5.41) is 19.3. The van der Waals surface area contributed by atoms with E-state index in [-0.39, 0.29) is 22.1 Å². The average Bonchev–Trinajstić information content (AvgIpc) is 2.28. The van der Waals surface area contributed by atoms with Crippen LogP contribution in [0.1, 0.15) is 5.56 Å². The Morgan fingerprint density at radius 2 is 2.12 bits per heavy atom. The summed E-state index contributed by atoms with van der Waals surface area (Å²) in [7, 11) is -3.64. The van der Waals surface area contributed by atoms with Crippen molar-refractivity contribution in [2.75, 3.05) is 11.6 Å². The lowest BCUT2D eigenvalue weighted by molar-refractivity contribution is -0.385. The maximum atomic E-state index is 11.6. The number of nitrogens with zero attached hydrogens (tertiary/aromatic N) is 2. The molecule has 0 aliphatic rings. The van der Waals surface area contributed by atoms with Crippen LogP contribution in [0.2, 0.25) is 0 Å². The molecule has 0 spiro atoms. The summed E-state index contributed by atoms with van der Waals surface area (Å²) in [6, 6.07) is 4.77. The Balaban J connectivity index is 3.37. The summed E-state index contributed by atoms with van der Waals surface area (Å²) in [5.41, 5.74) is -0.706. The van der Waals surface area contributed by atoms with Crippen LogP contribution in [0.15, 0.2) is 23.1 Å². The van der Waals surface area contributed by atoms with E-state index < -0.39 is 20.4 Å². The highest BCUT2D eigenvalue weighted by atomic mass is 35.5. The zero-order valence-corrected chi connectivity index (χ0v) is 10.0. The van der Waals surface area contributed by atoms with Gasteiger partial charge in [0.15, 0.2) is 9.84 Å². The predicted molar refractivity (Wildman–Crippen MR) is 60.6 cm³/mol. The largest absolute Gasteiger partial charge is 0.288 e. The summed E-state index contributed by atoms with van der Waals surface area (Å²) in [5.74, 6) is -0.409. The molecule has 0 aliphatic carbocycles. The first kappa shape index (κ1) is 13.4. The molecular weight excluding hydrogens is 268 g/mol. The number of hydrogen-bond donors (Lipinski definition) is 0. The molecule has 1 rings (SSSR count). The minimum Gasteiger partial charge on any atom is -0.258 e. The summed E-state index contributed by atoms with van der Waals surface area (Å²) in [6.07, 6.45) is 0. The van der Waals surface area contributed by atoms with Crippen LogP contribution >= 0.6 is 11.6 Å². The Kier molecular flexibility index (Phi) is 4.04. The quantitative estimate of drug-likeness (QED) is 0.470. The summed E-state index contributed by atoms with van der Waals surface area (Å²) in [6.45, 7) is 0. The second kappa shape index (κ2) is 5.12. The van der Waals surface area contributed by atoms with Gasteiger partial charge in [0, 0.05) is 11.9 Å². The van der Waals surface area contributed by atoms with Crippen LogP contribution in [0.3, 0.4) is 0 Å². The fraction of sp³-hybridized carbons (Fsp3) is 0.222. The van der Waals surface area contributed by atoms with Crippen LogP contribution in [0.5, 0.6) is 0 Å². The predicted octanol–water partition coefficient (Wildman–Crippen LogP) is 1.48. The fourth-order valence-corrected chi connectivity index (χ4v) is 2.78. The van der Waals surface area contributed by atoms with Crippen molar-refractivity contribution >= 4 is 27.1 Å². The third-order valence-corrected chi connectivity index (χ3v) is 4.12. The van der Waals surface area contributed by atoms with Gasteiger partial charge in [-0.05, 0) is 12.1 Å². The molecule has 17 heavy (non-hydrogen) atoms. The van der Waals surface area contributed by atoms with Crippen molar-refractivity contribution in [1.29, 1.82) is 5.26 Å². The standard InChI is InChI=1S/C9H7ClN2O4S/c10-3-4-17(15,16)8-2-1-7(6-11)9(5-8)12(13)14/h1-2,5H,3-4H2. The zero-order chi connectivity index (χ0) is 13.1. The first-order valence-electron chi connectivity index (χ1n) is 4.39. The van der Waals surface area contributed by atoms with Gasteiger partial charge < -0.3 is 0 Å². The summed E-state index contributed by atoms with van der Waals surface area (Å²) >= 11 is 5.33. The number of nitriles is 1. The maximum Gasteiger partial charge on any atom is 0.288 e. The monoisotopic (exact) mass is 274 g/mol. The highest BCUT2D eigenvalue weighted by Gasteiger charge is 2.20. The molecule has 0 N–H and O–H groups in total. The molecule has 0 saturated heterocycles. The molecule has 0 aliphatic heterocycles. The Bertz CT molecular complexity index is 592. The number of benzene rings is 1. The summed E-state index contributed by atoms with van der Waals surface area (Å²) in [4.78, 5) is 9.65. The van der Waals surface area contributed by atoms with Crippen LogP contribution in [0.25, 0.3) is 0 Å². The van der Waals surface area contributed by atoms with Crippen LogP contribution in [-0.2, 0) is 9.84 Å². The van der Waals surface area contributed by atoms with Gasteiger partial charge in [-0.2, -0.15) is 5.26 Å². The molecular formula is C9H7ClN2O4S.